The van der Waals surface area contributed by atoms with E-state index < -0.39 is 5.97 Å². The number of nitrogens with zero attached hydrogens (tertiary/aromatic N) is 2. The van der Waals surface area contributed by atoms with Crippen LogP contribution in [-0.2, 0) is 17.8 Å². The molecule has 0 unspecified atom stereocenters. The van der Waals surface area contributed by atoms with Crippen LogP contribution in [0.15, 0.2) is 64.5 Å². The maximum Gasteiger partial charge on any atom is 0.303 e. The van der Waals surface area contributed by atoms with E-state index in [0.717, 1.165) is 24.2 Å². The van der Waals surface area contributed by atoms with Crippen molar-refractivity contribution in [1.29, 1.82) is 0 Å². The van der Waals surface area contributed by atoms with E-state index in [0.29, 0.717) is 6.42 Å². The number of hydrogen-bond acceptors (Lipinski definition) is 4. The molecule has 3 aromatic rings. The van der Waals surface area contributed by atoms with Crippen LogP contribution < -0.4 is 9.47 Å². The number of thiazole rings is 1. The molecule has 0 atom stereocenters. The van der Waals surface area contributed by atoms with Gasteiger partial charge in [-0.25, -0.2) is 0 Å². The minimum absolute atomic E-state index is 0.153. The van der Waals surface area contributed by atoms with Gasteiger partial charge in [-0.3, -0.25) is 4.79 Å². The lowest BCUT2D eigenvalue weighted by atomic mass is 10.1. The maximum atomic E-state index is 11.0. The van der Waals surface area contributed by atoms with Crippen molar-refractivity contribution >= 4 is 51.0 Å². The standard InChI is InChI=1S/C24H24N2O2S2/c1-3-25-18-10-5-6-11-19(18)29-21(25)13-8-14-22-26(4-2)24-17(15-16-23(27)28)9-7-12-20(24)30-22/h5-14H,3-4,15-16H2,1-2H3/p+1. The normalized spacial score (nSPS) is 14.9. The number of benzene rings is 2. The van der Waals surface area contributed by atoms with Gasteiger partial charge in [0, 0.05) is 29.5 Å². The van der Waals surface area contributed by atoms with Gasteiger partial charge in [-0.05, 0) is 44.5 Å². The van der Waals surface area contributed by atoms with Gasteiger partial charge in [0.1, 0.15) is 11.2 Å². The number of fused-ring (bicyclic) bond motifs is 2. The maximum absolute atomic E-state index is 11.0. The molecule has 0 amide bonds. The van der Waals surface area contributed by atoms with E-state index in [2.05, 4.69) is 71.9 Å². The highest BCUT2D eigenvalue weighted by Crippen LogP contribution is 2.45. The number of allylic oxidation sites excluding steroid dienone is 2. The zero-order valence-corrected chi connectivity index (χ0v) is 18.8. The summed E-state index contributed by atoms with van der Waals surface area (Å²) in [5.41, 5.74) is 3.54. The molecule has 30 heavy (non-hydrogen) atoms. The third-order valence-corrected chi connectivity index (χ3v) is 7.43. The third kappa shape index (κ3) is 4.02. The van der Waals surface area contributed by atoms with Crippen LogP contribution in [0.1, 0.15) is 30.8 Å². The summed E-state index contributed by atoms with van der Waals surface area (Å²) in [6, 6.07) is 14.7. The van der Waals surface area contributed by atoms with Crippen LogP contribution in [0, 0.1) is 0 Å². The summed E-state index contributed by atoms with van der Waals surface area (Å²) < 4.78 is 3.49. The number of para-hydroxylation sites is 2. The molecule has 4 nitrogen and oxygen atoms in total. The number of carbonyl (C=O) groups is 1. The number of hydrogen-bond donors (Lipinski definition) is 1. The second kappa shape index (κ2) is 9.06. The Labute approximate surface area is 185 Å². The molecule has 1 aliphatic rings. The van der Waals surface area contributed by atoms with Gasteiger partial charge in [0.25, 0.3) is 5.01 Å². The van der Waals surface area contributed by atoms with E-state index >= 15 is 0 Å². The monoisotopic (exact) mass is 437 g/mol. The molecular weight excluding hydrogens is 412 g/mol. The summed E-state index contributed by atoms with van der Waals surface area (Å²) in [7, 11) is 0. The summed E-state index contributed by atoms with van der Waals surface area (Å²) in [6.45, 7) is 6.10. The molecule has 0 aliphatic carbocycles. The largest absolute Gasteiger partial charge is 0.481 e. The van der Waals surface area contributed by atoms with Crippen molar-refractivity contribution in [2.75, 3.05) is 11.4 Å². The fraction of sp³-hybridized carbons (Fsp3) is 0.250. The number of rotatable bonds is 7. The van der Waals surface area contributed by atoms with E-state index in [4.69, 9.17) is 5.11 Å². The smallest absolute Gasteiger partial charge is 0.303 e. The Kier molecular flexibility index (Phi) is 6.25. The minimum Gasteiger partial charge on any atom is -0.481 e. The lowest BCUT2D eigenvalue weighted by molar-refractivity contribution is -0.665. The van der Waals surface area contributed by atoms with Crippen LogP contribution in [0.3, 0.4) is 0 Å². The first kappa shape index (κ1) is 20.7. The number of carboxylic acids is 1. The Bertz CT molecular complexity index is 1150. The van der Waals surface area contributed by atoms with E-state index in [1.165, 1.54) is 25.3 Å². The molecule has 0 fully saturated rings. The second-order valence-corrected chi connectivity index (χ2v) is 9.14. The van der Waals surface area contributed by atoms with Crippen LogP contribution in [0.5, 0.6) is 0 Å². The van der Waals surface area contributed by atoms with Crippen molar-refractivity contribution in [3.63, 3.8) is 0 Å². The first-order valence-electron chi connectivity index (χ1n) is 10.2. The first-order valence-corrected chi connectivity index (χ1v) is 11.8. The van der Waals surface area contributed by atoms with Crippen LogP contribution in [0.2, 0.25) is 0 Å². The molecule has 0 radical (unpaired) electrons. The first-order chi connectivity index (χ1) is 14.6. The van der Waals surface area contributed by atoms with Gasteiger partial charge in [-0.1, -0.05) is 53.4 Å². The molecule has 0 spiro atoms. The molecule has 1 aliphatic heterocycles. The number of aryl methyl sites for hydroxylation is 2. The molecule has 1 N–H and O–H groups in total. The Balaban J connectivity index is 1.64. The summed E-state index contributed by atoms with van der Waals surface area (Å²) in [4.78, 5) is 14.7. The van der Waals surface area contributed by atoms with Gasteiger partial charge in [-0.15, -0.1) is 0 Å². The molecule has 0 saturated carbocycles. The highest BCUT2D eigenvalue weighted by Gasteiger charge is 2.23. The van der Waals surface area contributed by atoms with Crippen LogP contribution in [0.25, 0.3) is 16.3 Å². The van der Waals surface area contributed by atoms with Gasteiger partial charge in [0.2, 0.25) is 5.52 Å². The van der Waals surface area contributed by atoms with Gasteiger partial charge < -0.3 is 10.0 Å². The van der Waals surface area contributed by atoms with Crippen LogP contribution in [0.4, 0.5) is 5.69 Å². The quantitative estimate of drug-likeness (QED) is 0.481. The Morgan fingerprint density at radius 1 is 1.17 bits per heavy atom. The Morgan fingerprint density at radius 2 is 2.00 bits per heavy atom. The molecule has 1 aromatic heterocycles. The second-order valence-electron chi connectivity index (χ2n) is 7.02. The minimum atomic E-state index is -0.757. The van der Waals surface area contributed by atoms with Crippen molar-refractivity contribution in [3.8, 4) is 0 Å². The number of thioether (sulfide) groups is 1. The number of aliphatic carboxylic acids is 1. The third-order valence-electron chi connectivity index (χ3n) is 5.19. The Morgan fingerprint density at radius 3 is 2.77 bits per heavy atom. The van der Waals surface area contributed by atoms with E-state index in [1.807, 2.05) is 23.9 Å². The van der Waals surface area contributed by atoms with E-state index in [9.17, 15) is 4.79 Å². The van der Waals surface area contributed by atoms with Crippen molar-refractivity contribution in [2.45, 2.75) is 38.1 Å². The van der Waals surface area contributed by atoms with Gasteiger partial charge in [0.05, 0.1) is 10.7 Å². The molecule has 2 aromatic carbocycles. The summed E-state index contributed by atoms with van der Waals surface area (Å²) in [6.07, 6.45) is 7.19. The molecule has 2 heterocycles. The van der Waals surface area contributed by atoms with E-state index in [1.54, 1.807) is 11.3 Å². The summed E-state index contributed by atoms with van der Waals surface area (Å²) >= 11 is 3.56. The SMILES string of the molecule is CCN1C(=CC=Cc2sc3cccc(CCC(=O)O)c3[n+]2CC)Sc2ccccc21. The fourth-order valence-corrected chi connectivity index (χ4v) is 6.16. The van der Waals surface area contributed by atoms with Crippen molar-refractivity contribution in [2.24, 2.45) is 0 Å². The van der Waals surface area contributed by atoms with E-state index in [-0.39, 0.29) is 6.42 Å². The van der Waals surface area contributed by atoms with Gasteiger partial charge in [-0.2, -0.15) is 4.57 Å². The number of anilines is 1. The predicted molar refractivity (Wildman–Crippen MR) is 126 cm³/mol. The molecule has 6 heteroatoms. The zero-order chi connectivity index (χ0) is 21.1. The highest BCUT2D eigenvalue weighted by molar-refractivity contribution is 8.03. The molecule has 4 rings (SSSR count). The van der Waals surface area contributed by atoms with Crippen molar-refractivity contribution in [1.82, 2.24) is 0 Å². The lowest BCUT2D eigenvalue weighted by Crippen LogP contribution is -2.34. The zero-order valence-electron chi connectivity index (χ0n) is 17.2. The number of carboxylic acid groups (broad SMARTS) is 1. The predicted octanol–water partition coefficient (Wildman–Crippen LogP) is 5.71. The molecule has 0 saturated heterocycles. The highest BCUT2D eigenvalue weighted by atomic mass is 32.2. The van der Waals surface area contributed by atoms with Gasteiger partial charge >= 0.3 is 5.97 Å². The average Bonchev–Trinajstić information content (AvgIpc) is 3.29. The van der Waals surface area contributed by atoms with Gasteiger partial charge in [0.15, 0.2) is 0 Å². The molecular formula is C24H25N2O2S2+. The Hall–Kier alpha value is -2.57. The summed E-state index contributed by atoms with van der Waals surface area (Å²) in [5.74, 6) is -0.757. The lowest BCUT2D eigenvalue weighted by Gasteiger charge is -2.17. The van der Waals surface area contributed by atoms with Crippen LogP contribution >= 0.6 is 23.1 Å². The van der Waals surface area contributed by atoms with Crippen LogP contribution in [-0.4, -0.2) is 17.6 Å². The number of aromatic nitrogens is 1. The summed E-state index contributed by atoms with van der Waals surface area (Å²) in [5, 5.41) is 11.5. The topological polar surface area (TPSA) is 44.4 Å². The average molecular weight is 438 g/mol. The van der Waals surface area contributed by atoms with Crippen molar-refractivity contribution in [3.05, 3.63) is 70.2 Å². The van der Waals surface area contributed by atoms with Crippen molar-refractivity contribution < 1.29 is 14.5 Å². The fourth-order valence-electron chi connectivity index (χ4n) is 3.83. The molecule has 0 bridgehead atoms. The molecule has 154 valence electrons.